The molecule has 2 heterocycles. The van der Waals surface area contributed by atoms with Crippen LogP contribution in [-0.2, 0) is 0 Å². The Bertz CT molecular complexity index is 2900. The average molecular weight is 747 g/mol. The second kappa shape index (κ2) is 14.3. The fourth-order valence-electron chi connectivity index (χ4n) is 9.38. The molecule has 0 N–H and O–H groups in total. The SMILES string of the molecule is C1=CCC(N(C2=CCC3C(=C2)c2ccccc2N3c2ccccc2)c2ccc(N(c3ccccc3)c3ccc4c(c3)c3ccccc3n4-c3ccccc3)cc2)C=C1. The van der Waals surface area contributed by atoms with Crippen molar-refractivity contribution < 1.29 is 0 Å². The summed E-state index contributed by atoms with van der Waals surface area (Å²) in [7, 11) is 0. The van der Waals surface area contributed by atoms with Gasteiger partial charge in [0.15, 0.2) is 0 Å². The molecule has 278 valence electrons. The molecule has 0 amide bonds. The number of para-hydroxylation sites is 5. The molecular formula is C54H42N4. The van der Waals surface area contributed by atoms with Crippen molar-refractivity contribution in [3.05, 3.63) is 230 Å². The van der Waals surface area contributed by atoms with Crippen LogP contribution in [0.1, 0.15) is 18.4 Å². The summed E-state index contributed by atoms with van der Waals surface area (Å²) in [5.74, 6) is 0. The molecule has 1 aromatic heterocycles. The predicted octanol–water partition coefficient (Wildman–Crippen LogP) is 13.8. The Morgan fingerprint density at radius 2 is 1.14 bits per heavy atom. The summed E-state index contributed by atoms with van der Waals surface area (Å²) in [6, 6.07) is 66.4. The number of hydrogen-bond donors (Lipinski definition) is 0. The van der Waals surface area contributed by atoms with Gasteiger partial charge in [-0.05, 0) is 115 Å². The third-order valence-corrected chi connectivity index (χ3v) is 11.9. The highest BCUT2D eigenvalue weighted by molar-refractivity contribution is 6.10. The number of aromatic nitrogens is 1. The maximum atomic E-state index is 2.54. The molecule has 0 saturated heterocycles. The van der Waals surface area contributed by atoms with E-state index in [1.807, 2.05) is 0 Å². The number of rotatable bonds is 8. The summed E-state index contributed by atoms with van der Waals surface area (Å²) >= 11 is 0. The average Bonchev–Trinajstić information content (AvgIpc) is 3.81. The van der Waals surface area contributed by atoms with Gasteiger partial charge in [-0.15, -0.1) is 0 Å². The Morgan fingerprint density at radius 3 is 1.91 bits per heavy atom. The Morgan fingerprint density at radius 1 is 0.500 bits per heavy atom. The molecule has 2 aliphatic carbocycles. The fourth-order valence-corrected chi connectivity index (χ4v) is 9.38. The van der Waals surface area contributed by atoms with Crippen LogP contribution in [0, 0.1) is 0 Å². The van der Waals surface area contributed by atoms with E-state index in [1.54, 1.807) is 0 Å². The number of allylic oxidation sites excluding steroid dienone is 3. The molecule has 4 heteroatoms. The molecule has 0 radical (unpaired) electrons. The highest BCUT2D eigenvalue weighted by Gasteiger charge is 2.37. The second-order valence-electron chi connectivity index (χ2n) is 15.3. The van der Waals surface area contributed by atoms with Crippen LogP contribution >= 0.6 is 0 Å². The zero-order valence-electron chi connectivity index (χ0n) is 32.1. The van der Waals surface area contributed by atoms with Gasteiger partial charge < -0.3 is 19.3 Å². The van der Waals surface area contributed by atoms with Crippen molar-refractivity contribution in [3.8, 4) is 5.69 Å². The van der Waals surface area contributed by atoms with Crippen molar-refractivity contribution in [3.63, 3.8) is 0 Å². The minimum atomic E-state index is 0.201. The summed E-state index contributed by atoms with van der Waals surface area (Å²) in [5, 5.41) is 2.47. The van der Waals surface area contributed by atoms with E-state index < -0.39 is 0 Å². The van der Waals surface area contributed by atoms with Crippen LogP contribution in [0.15, 0.2) is 224 Å². The molecular weight excluding hydrogens is 705 g/mol. The lowest BCUT2D eigenvalue weighted by Gasteiger charge is -2.37. The van der Waals surface area contributed by atoms with Gasteiger partial charge in [0.25, 0.3) is 0 Å². The highest BCUT2D eigenvalue weighted by Crippen LogP contribution is 2.49. The molecule has 4 nitrogen and oxygen atoms in total. The van der Waals surface area contributed by atoms with Gasteiger partial charge in [0.2, 0.25) is 0 Å². The monoisotopic (exact) mass is 746 g/mol. The normalized spacial score (nSPS) is 16.9. The zero-order chi connectivity index (χ0) is 38.4. The third kappa shape index (κ3) is 5.76. The first kappa shape index (κ1) is 34.0. The van der Waals surface area contributed by atoms with Gasteiger partial charge in [0, 0.05) is 61.8 Å². The lowest BCUT2D eigenvalue weighted by molar-refractivity contribution is 0.745. The number of anilines is 6. The highest BCUT2D eigenvalue weighted by atomic mass is 15.2. The van der Waals surface area contributed by atoms with Crippen molar-refractivity contribution >= 4 is 61.5 Å². The molecule has 2 atom stereocenters. The first-order valence-electron chi connectivity index (χ1n) is 20.3. The third-order valence-electron chi connectivity index (χ3n) is 11.9. The minimum absolute atomic E-state index is 0.201. The Labute approximate surface area is 339 Å². The van der Waals surface area contributed by atoms with Crippen molar-refractivity contribution in [2.45, 2.75) is 24.9 Å². The molecule has 1 aliphatic heterocycles. The van der Waals surface area contributed by atoms with E-state index in [-0.39, 0.29) is 12.1 Å². The Balaban J connectivity index is 0.992. The predicted molar refractivity (Wildman–Crippen MR) is 244 cm³/mol. The molecule has 0 bridgehead atoms. The van der Waals surface area contributed by atoms with E-state index in [9.17, 15) is 0 Å². The van der Waals surface area contributed by atoms with Gasteiger partial charge in [0.05, 0.1) is 23.1 Å². The molecule has 58 heavy (non-hydrogen) atoms. The van der Waals surface area contributed by atoms with E-state index >= 15 is 0 Å². The molecule has 11 rings (SSSR count). The first-order valence-corrected chi connectivity index (χ1v) is 20.3. The largest absolute Gasteiger partial charge is 0.334 e. The van der Waals surface area contributed by atoms with Crippen LogP contribution < -0.4 is 14.7 Å². The van der Waals surface area contributed by atoms with Crippen molar-refractivity contribution in [1.82, 2.24) is 4.57 Å². The van der Waals surface area contributed by atoms with Crippen LogP contribution in [0.25, 0.3) is 33.1 Å². The summed E-state index contributed by atoms with van der Waals surface area (Å²) in [5.41, 5.74) is 14.5. The molecule has 8 aromatic rings. The maximum Gasteiger partial charge on any atom is 0.0634 e. The van der Waals surface area contributed by atoms with Crippen molar-refractivity contribution in [1.29, 1.82) is 0 Å². The van der Waals surface area contributed by atoms with Crippen LogP contribution in [-0.4, -0.2) is 16.7 Å². The van der Waals surface area contributed by atoms with E-state index in [0.717, 1.165) is 35.6 Å². The van der Waals surface area contributed by atoms with Crippen molar-refractivity contribution in [2.75, 3.05) is 14.7 Å². The molecule has 0 fully saturated rings. The lowest BCUT2D eigenvalue weighted by atomic mass is 9.92. The van der Waals surface area contributed by atoms with Crippen LogP contribution in [0.3, 0.4) is 0 Å². The van der Waals surface area contributed by atoms with Crippen LogP contribution in [0.5, 0.6) is 0 Å². The molecule has 0 spiro atoms. The molecule has 2 unspecified atom stereocenters. The van der Waals surface area contributed by atoms with Crippen molar-refractivity contribution in [2.24, 2.45) is 0 Å². The maximum absolute atomic E-state index is 2.54. The van der Waals surface area contributed by atoms with E-state index in [1.165, 1.54) is 55.7 Å². The van der Waals surface area contributed by atoms with E-state index in [0.29, 0.717) is 0 Å². The van der Waals surface area contributed by atoms with Crippen LogP contribution in [0.2, 0.25) is 0 Å². The first-order chi connectivity index (χ1) is 28.8. The minimum Gasteiger partial charge on any atom is -0.334 e. The van der Waals surface area contributed by atoms with Gasteiger partial charge in [0.1, 0.15) is 0 Å². The van der Waals surface area contributed by atoms with Gasteiger partial charge in [-0.1, -0.05) is 121 Å². The second-order valence-corrected chi connectivity index (χ2v) is 15.3. The fraction of sp³-hybridized carbons (Fsp3) is 0.0741. The van der Waals surface area contributed by atoms with Gasteiger partial charge >= 0.3 is 0 Å². The smallest absolute Gasteiger partial charge is 0.0634 e. The zero-order valence-corrected chi connectivity index (χ0v) is 32.1. The van der Waals surface area contributed by atoms with E-state index in [4.69, 9.17) is 0 Å². The number of benzene rings is 7. The summed E-state index contributed by atoms with van der Waals surface area (Å²) in [6.45, 7) is 0. The molecule has 3 aliphatic rings. The van der Waals surface area contributed by atoms with Crippen LogP contribution in [0.4, 0.5) is 34.1 Å². The van der Waals surface area contributed by atoms with Gasteiger partial charge in [-0.25, -0.2) is 0 Å². The standard InChI is InChI=1S/C54H42N4/c1-5-17-39(18-6-1)55(45-33-35-53-49(37-45)47-25-13-15-27-51(47)57(53)41-21-9-3-10-22-41)43-29-31-44(32-30-43)56(40-19-7-2-8-20-40)46-34-36-54-50(38-46)48-26-14-16-28-52(48)58(54)42-23-11-4-12-24-42/h1-19,21-35,37-38,40,54H,20,36H2. The van der Waals surface area contributed by atoms with E-state index in [2.05, 4.69) is 238 Å². The van der Waals surface area contributed by atoms with Gasteiger partial charge in [-0.2, -0.15) is 0 Å². The quantitative estimate of drug-likeness (QED) is 0.154. The summed E-state index contributed by atoms with van der Waals surface area (Å²) < 4.78 is 2.38. The summed E-state index contributed by atoms with van der Waals surface area (Å²) in [4.78, 5) is 7.44. The number of hydrogen-bond acceptors (Lipinski definition) is 3. The summed E-state index contributed by atoms with van der Waals surface area (Å²) in [6.07, 6.45) is 15.8. The Hall–Kier alpha value is -7.30. The number of nitrogens with zero attached hydrogens (tertiary/aromatic N) is 4. The number of fused-ring (bicyclic) bond motifs is 6. The molecule has 7 aromatic carbocycles. The lowest BCUT2D eigenvalue weighted by Crippen LogP contribution is -2.35. The van der Waals surface area contributed by atoms with Gasteiger partial charge in [-0.3, -0.25) is 0 Å². The topological polar surface area (TPSA) is 14.7 Å². The molecule has 0 saturated carbocycles. The Kier molecular flexibility index (Phi) is 8.40.